The SMILES string of the molecule is C.C=C=C=C=C=C=C=C=C=C=C=C=C=C=C=C=C=C=C=C=C=C=C=C=C=C=C=C=C=C=C=C=C=C=C=C=C=C=C.CNC(=O)N(C)c1cc(Cl)c2cc[nH]c2c1.CNC(=O)N(C)c1cc(Cl)c2ccn(S(=O)(=O)c3ccc(C)cc3)c2c1. The second-order valence-electron chi connectivity index (χ2n) is 14.1. The van der Waals surface area contributed by atoms with E-state index in [1.807, 2.05) is 25.3 Å². The zero-order valence-corrected chi connectivity index (χ0v) is 45.8. The van der Waals surface area contributed by atoms with E-state index in [0.717, 1.165) is 22.2 Å². The predicted octanol–water partition coefficient (Wildman–Crippen LogP) is 13.4. The molecule has 4 amide bonds. The van der Waals surface area contributed by atoms with Crippen LogP contribution in [0.25, 0.3) is 21.8 Å². The number of anilines is 2. The number of aromatic amines is 1. The number of hydrogen-bond donors (Lipinski definition) is 3. The highest BCUT2D eigenvalue weighted by molar-refractivity contribution is 7.90. The molecule has 0 saturated heterocycles. The van der Waals surface area contributed by atoms with Gasteiger partial charge in [-0.3, -0.25) is 9.80 Å². The minimum Gasteiger partial charge on any atom is -0.361 e. The fourth-order valence-electron chi connectivity index (χ4n) is 5.38. The number of nitrogens with one attached hydrogen (secondary N) is 3. The van der Waals surface area contributed by atoms with Crippen LogP contribution >= 0.6 is 23.2 Å². The monoisotopic (exact) mass is 1120 g/mol. The van der Waals surface area contributed by atoms with Crippen LogP contribution in [0, 0.1) is 6.92 Å². The Bertz CT molecular complexity index is 4860. The minimum absolute atomic E-state index is 0. The molecule has 0 bridgehead atoms. The zero-order valence-electron chi connectivity index (χ0n) is 43.5. The molecule has 82 heavy (non-hydrogen) atoms. The summed E-state index contributed by atoms with van der Waals surface area (Å²) in [6.07, 6.45) is 3.29. The number of fused-ring (bicyclic) bond motifs is 2. The smallest absolute Gasteiger partial charge is 0.321 e. The summed E-state index contributed by atoms with van der Waals surface area (Å²) in [4.78, 5) is 29.5. The lowest BCUT2D eigenvalue weighted by atomic mass is 10.2. The van der Waals surface area contributed by atoms with Crippen molar-refractivity contribution < 1.29 is 18.0 Å². The Morgan fingerprint density at radius 1 is 0.488 bits per heavy atom. The van der Waals surface area contributed by atoms with Gasteiger partial charge in [-0.05, 0) is 160 Å². The number of aromatic nitrogens is 2. The number of carbonyl (C=O) groups is 2. The molecule has 5 rings (SSSR count). The fourth-order valence-corrected chi connectivity index (χ4v) is 7.26. The Labute approximate surface area is 484 Å². The van der Waals surface area contributed by atoms with Crippen LogP contribution in [0.5, 0.6) is 0 Å². The molecule has 0 radical (unpaired) electrons. The second kappa shape index (κ2) is 38.0. The Morgan fingerprint density at radius 2 is 0.805 bits per heavy atom. The Hall–Kier alpha value is -12.6. The average Bonchev–Trinajstić information content (AvgIpc) is 3.51. The number of H-pyrrole nitrogens is 1. The van der Waals surface area contributed by atoms with Gasteiger partial charge >= 0.3 is 12.1 Å². The maximum Gasteiger partial charge on any atom is 0.321 e. The van der Waals surface area contributed by atoms with Gasteiger partial charge in [0.2, 0.25) is 0 Å². The lowest BCUT2D eigenvalue weighted by Crippen LogP contribution is -2.34. The van der Waals surface area contributed by atoms with Crippen LogP contribution in [0.15, 0.2) is 303 Å². The van der Waals surface area contributed by atoms with Crippen molar-refractivity contribution in [2.75, 3.05) is 38.0 Å². The van der Waals surface area contributed by atoms with Gasteiger partial charge in [-0.1, -0.05) is 59.8 Å². The molecule has 3 aromatic carbocycles. The standard InChI is InChI=1S/C39H4.C18H18ClN3O3S.C11H12ClN3O.CH4/c1-3-5-7-9-11-13-15-17-19-21-23-25-27-29-31-33-35-37-39-38-36-34-32-30-28-26-24-22-20-18-16-14-12-10-8-6-4-2;1-12-4-6-14(7-5-12)26(24,25)22-9-8-15-16(19)10-13(11-17(15)22)21(3)18(23)20-2;1-13-11(16)15(2)7-5-9(12)8-3-4-14-10(8)6-7;/h1-2H2;4-11H,1-3H3,(H,20,23);3-6,14H,1-2H3,(H,13,16);1H4. The normalized spacial score (nSPS) is 7.55. The van der Waals surface area contributed by atoms with E-state index in [2.05, 4.69) is 241 Å². The summed E-state index contributed by atoms with van der Waals surface area (Å²) in [7, 11) is 2.60. The number of amides is 4. The third-order valence-electron chi connectivity index (χ3n) is 9.00. The van der Waals surface area contributed by atoms with Crippen molar-refractivity contribution in [1.82, 2.24) is 19.6 Å². The minimum atomic E-state index is -3.79. The largest absolute Gasteiger partial charge is 0.361 e. The number of aryl methyl sites for hydroxylation is 1. The molecule has 0 aliphatic carbocycles. The molecule has 3 N–H and O–H groups in total. The highest BCUT2D eigenvalue weighted by atomic mass is 35.5. The first kappa shape index (κ1) is 65.5. The first-order chi connectivity index (χ1) is 39.3. The summed E-state index contributed by atoms with van der Waals surface area (Å²) in [6, 6.07) is 16.6. The molecule has 388 valence electrons. The Morgan fingerprint density at radius 3 is 1.13 bits per heavy atom. The van der Waals surface area contributed by atoms with Gasteiger partial charge in [0, 0.05) is 177 Å². The number of halogens is 2. The number of carbonyl (C=O) groups excluding carboxylic acids is 2. The molecule has 5 aromatic rings. The number of nitrogens with zero attached hydrogens (tertiary/aromatic N) is 3. The lowest BCUT2D eigenvalue weighted by molar-refractivity contribution is 0.248. The van der Waals surface area contributed by atoms with Gasteiger partial charge in [0.25, 0.3) is 10.0 Å². The number of hydrogen-bond acceptors (Lipinski definition) is 4. The fraction of sp³-hybridized carbons (Fsp3) is 0.0870. The van der Waals surface area contributed by atoms with E-state index in [-0.39, 0.29) is 24.4 Å². The highest BCUT2D eigenvalue weighted by Crippen LogP contribution is 2.33. The molecule has 2 aromatic heterocycles. The third-order valence-corrected chi connectivity index (χ3v) is 11.3. The topological polar surface area (TPSA) is 120 Å². The summed E-state index contributed by atoms with van der Waals surface area (Å²) in [5.41, 5.74) is 95.4. The average molecular weight is 1120 g/mol. The molecule has 0 unspecified atom stereocenters. The summed E-state index contributed by atoms with van der Waals surface area (Å²) in [5, 5.41) is 7.62. The maximum atomic E-state index is 13.0. The molecule has 0 spiro atoms. The predicted molar refractivity (Wildman–Crippen MR) is 318 cm³/mol. The summed E-state index contributed by atoms with van der Waals surface area (Å²) >= 11 is 12.4. The zero-order chi connectivity index (χ0) is 58.9. The van der Waals surface area contributed by atoms with Crippen molar-refractivity contribution >= 4 is 78.5 Å². The molecule has 0 aliphatic heterocycles. The third kappa shape index (κ3) is 23.5. The quantitative estimate of drug-likeness (QED) is 0.155. The maximum absolute atomic E-state index is 13.0. The molecule has 0 aliphatic rings. The lowest BCUT2D eigenvalue weighted by Gasteiger charge is -2.18. The van der Waals surface area contributed by atoms with E-state index in [1.54, 1.807) is 69.7 Å². The van der Waals surface area contributed by atoms with Gasteiger partial charge in [0.1, 0.15) is 0 Å². The molecule has 10 nitrogen and oxygen atoms in total. The van der Waals surface area contributed by atoms with E-state index < -0.39 is 10.0 Å². The number of rotatable bonds is 4. The van der Waals surface area contributed by atoms with Crippen LogP contribution in [-0.2, 0) is 10.0 Å². The summed E-state index contributed by atoms with van der Waals surface area (Å²) in [6.45, 7) is 8.51. The van der Waals surface area contributed by atoms with Crippen LogP contribution in [0.1, 0.15) is 13.0 Å². The molecule has 0 fully saturated rings. The van der Waals surface area contributed by atoms with E-state index in [4.69, 9.17) is 23.2 Å². The van der Waals surface area contributed by atoms with Crippen LogP contribution in [0.2, 0.25) is 10.0 Å². The van der Waals surface area contributed by atoms with Crippen LogP contribution in [0.3, 0.4) is 0 Å². The molecule has 13 heteroatoms. The van der Waals surface area contributed by atoms with Crippen molar-refractivity contribution in [2.24, 2.45) is 0 Å². The van der Waals surface area contributed by atoms with E-state index in [9.17, 15) is 18.0 Å². The van der Waals surface area contributed by atoms with Crippen molar-refractivity contribution in [3.8, 4) is 0 Å². The summed E-state index contributed by atoms with van der Waals surface area (Å²) in [5.74, 6) is 0. The number of benzene rings is 3. The van der Waals surface area contributed by atoms with Gasteiger partial charge in [-0.2, -0.15) is 0 Å². The van der Waals surface area contributed by atoms with Crippen molar-refractivity contribution in [3.05, 3.63) is 314 Å². The molecular formula is C69H38Cl2N6O4S. The van der Waals surface area contributed by atoms with Gasteiger partial charge in [-0.15, -0.1) is 0 Å². The second-order valence-corrected chi connectivity index (χ2v) is 16.7. The molecule has 0 saturated carbocycles. The van der Waals surface area contributed by atoms with Crippen molar-refractivity contribution in [3.63, 3.8) is 0 Å². The van der Waals surface area contributed by atoms with E-state index in [0.29, 0.717) is 26.6 Å². The highest BCUT2D eigenvalue weighted by Gasteiger charge is 2.21. The number of urea groups is 2. The Balaban J connectivity index is 0.000000454. The van der Waals surface area contributed by atoms with Gasteiger partial charge in [-0.25, -0.2) is 22.0 Å². The summed E-state index contributed by atoms with van der Waals surface area (Å²) < 4.78 is 27.2. The van der Waals surface area contributed by atoms with Crippen molar-refractivity contribution in [2.45, 2.75) is 19.2 Å². The van der Waals surface area contributed by atoms with Crippen LogP contribution in [0.4, 0.5) is 21.0 Å². The molecule has 0 atom stereocenters. The van der Waals surface area contributed by atoms with Crippen molar-refractivity contribution in [1.29, 1.82) is 0 Å². The van der Waals surface area contributed by atoms with Gasteiger partial charge in [0.15, 0.2) is 0 Å². The van der Waals surface area contributed by atoms with Gasteiger partial charge < -0.3 is 15.6 Å². The van der Waals surface area contributed by atoms with E-state index in [1.165, 1.54) is 27.0 Å². The van der Waals surface area contributed by atoms with E-state index >= 15 is 0 Å². The van der Waals surface area contributed by atoms with Crippen LogP contribution < -0.4 is 20.4 Å². The van der Waals surface area contributed by atoms with Gasteiger partial charge in [0.05, 0.1) is 20.5 Å². The first-order valence-corrected chi connectivity index (χ1v) is 24.6. The first-order valence-electron chi connectivity index (χ1n) is 22.4. The Kier molecular flexibility index (Phi) is 30.4. The molecular weight excluding hydrogens is 1080 g/mol. The van der Waals surface area contributed by atoms with Crippen LogP contribution in [-0.4, -0.2) is 57.6 Å². The molecule has 2 heterocycles.